The third-order valence-electron chi connectivity index (χ3n) is 16.3. The van der Waals surface area contributed by atoms with Crippen molar-refractivity contribution in [2.24, 2.45) is 56.0 Å². The third kappa shape index (κ3) is 7.81. The van der Waals surface area contributed by atoms with E-state index in [0.29, 0.717) is 42.7 Å². The highest BCUT2D eigenvalue weighted by Crippen LogP contribution is 2.75. The lowest BCUT2D eigenvalue weighted by molar-refractivity contribution is -0.211. The van der Waals surface area contributed by atoms with E-state index in [-0.39, 0.29) is 87.7 Å². The molecule has 0 spiro atoms. The number of rotatable bonds is 11. The van der Waals surface area contributed by atoms with Crippen LogP contribution in [0.4, 0.5) is 0 Å². The number of hydrogen-bond donors (Lipinski definition) is 1. The number of benzene rings is 1. The molecular weight excluding hydrogens is 774 g/mol. The maximum Gasteiger partial charge on any atom is 0.330 e. The van der Waals surface area contributed by atoms with E-state index in [2.05, 4.69) is 41.5 Å². The number of fused-ring (bicyclic) bond motifs is 7. The molecule has 5 aliphatic carbocycles. The standard InChI is InChI=1S/C47H67NO8S.ClH/c1-11-54-38(50)15-13-29-12-14-34(53-9)35(26-29)55-41(52)44(5)22-21-43(4)23-24-46(7)30(31(43)28-44)27-33(49)39-45(6)19-17-37(56-40(51)32(48)18-25-57-10)42(2,3)36(45)16-20-47(39,46)8;/h12-15,26-27,31-32,36-37,39H,11,16-25,28,48H2,1-10H3;1H/b15-13+;/t31-,32+,36+,37+,39-,43-,44+,45+,46-,47-;/m1./s1. The molecule has 10 atom stereocenters. The second-order valence-electron chi connectivity index (χ2n) is 19.8. The van der Waals surface area contributed by atoms with E-state index in [1.807, 2.05) is 19.3 Å². The highest BCUT2D eigenvalue weighted by molar-refractivity contribution is 7.98. The van der Waals surface area contributed by atoms with Gasteiger partial charge in [-0.15, -0.1) is 12.4 Å². The molecule has 9 nitrogen and oxygen atoms in total. The van der Waals surface area contributed by atoms with Gasteiger partial charge in [-0.25, -0.2) is 4.79 Å². The fourth-order valence-corrected chi connectivity index (χ4v) is 13.1. The predicted octanol–water partition coefficient (Wildman–Crippen LogP) is 9.57. The summed E-state index contributed by atoms with van der Waals surface area (Å²) in [5.41, 5.74) is 6.28. The largest absolute Gasteiger partial charge is 0.493 e. The van der Waals surface area contributed by atoms with Crippen molar-refractivity contribution in [2.75, 3.05) is 25.7 Å². The smallest absolute Gasteiger partial charge is 0.330 e. The van der Waals surface area contributed by atoms with Crippen molar-refractivity contribution in [3.8, 4) is 11.5 Å². The average Bonchev–Trinajstić information content (AvgIpc) is 3.15. The first kappa shape index (κ1) is 46.2. The third-order valence-corrected chi connectivity index (χ3v) is 16.9. The number of allylic oxidation sites excluding steroid dienone is 2. The number of hydrogen-bond acceptors (Lipinski definition) is 10. The Balaban J connectivity index is 0.00000641. The molecule has 0 unspecified atom stereocenters. The van der Waals surface area contributed by atoms with E-state index < -0.39 is 17.4 Å². The fraction of sp³-hybridized carbons (Fsp3) is 0.702. The van der Waals surface area contributed by atoms with Crippen molar-refractivity contribution in [2.45, 2.75) is 132 Å². The zero-order valence-corrected chi connectivity index (χ0v) is 38.1. The number of methoxy groups -OCH3 is 1. The van der Waals surface area contributed by atoms with Crippen LogP contribution in [0.1, 0.15) is 125 Å². The van der Waals surface area contributed by atoms with E-state index in [4.69, 9.17) is 24.7 Å². The Kier molecular flexibility index (Phi) is 13.5. The van der Waals surface area contributed by atoms with E-state index in [0.717, 1.165) is 44.3 Å². The Hall–Kier alpha value is -2.82. The summed E-state index contributed by atoms with van der Waals surface area (Å²) in [5, 5.41) is 0. The van der Waals surface area contributed by atoms with Gasteiger partial charge in [-0.1, -0.05) is 53.2 Å². The SMILES string of the molecule is CCOC(=O)/C=C/c1ccc(OC)c(OC(=O)[C@@]2(C)CC[C@]3(C)CC[C@]4(C)C(=CC(=O)[C@@H]5[C@@]6(C)CC[C@H](OC(=O)[C@@H](N)CCSC)C(C)(C)[C@@H]6CC[C@]54C)[C@H]3C2)c1.Cl. The Bertz CT molecular complexity index is 1830. The van der Waals surface area contributed by atoms with E-state index >= 15 is 0 Å². The molecule has 2 N–H and O–H groups in total. The van der Waals surface area contributed by atoms with Gasteiger partial charge in [0.25, 0.3) is 0 Å². The molecular formula is C47H68ClNO8S. The van der Waals surface area contributed by atoms with Crippen LogP contribution in [-0.2, 0) is 28.7 Å². The van der Waals surface area contributed by atoms with Gasteiger partial charge in [0, 0.05) is 17.4 Å². The molecule has 0 saturated heterocycles. The topological polar surface area (TPSA) is 131 Å². The molecule has 58 heavy (non-hydrogen) atoms. The molecule has 4 saturated carbocycles. The first-order valence-electron chi connectivity index (χ1n) is 21.2. The predicted molar refractivity (Wildman–Crippen MR) is 232 cm³/mol. The zero-order chi connectivity index (χ0) is 41.8. The van der Waals surface area contributed by atoms with Crippen molar-refractivity contribution < 1.29 is 38.1 Å². The molecule has 4 fully saturated rings. The summed E-state index contributed by atoms with van der Waals surface area (Å²) >= 11 is 1.67. The highest BCUT2D eigenvalue weighted by Gasteiger charge is 2.70. The molecule has 322 valence electrons. The Morgan fingerprint density at radius 1 is 0.966 bits per heavy atom. The van der Waals surface area contributed by atoms with Crippen molar-refractivity contribution in [3.63, 3.8) is 0 Å². The summed E-state index contributed by atoms with van der Waals surface area (Å²) < 4.78 is 23.0. The van der Waals surface area contributed by atoms with Gasteiger partial charge in [0.05, 0.1) is 19.1 Å². The lowest BCUT2D eigenvalue weighted by Crippen LogP contribution is -2.67. The molecule has 0 amide bonds. The van der Waals surface area contributed by atoms with Crippen LogP contribution in [0.3, 0.4) is 0 Å². The zero-order valence-electron chi connectivity index (χ0n) is 36.5. The normalized spacial score (nSPS) is 36.7. The maximum atomic E-state index is 15.0. The molecule has 0 heterocycles. The van der Waals surface area contributed by atoms with Crippen LogP contribution < -0.4 is 15.2 Å². The van der Waals surface area contributed by atoms with Crippen LogP contribution in [0.2, 0.25) is 0 Å². The summed E-state index contributed by atoms with van der Waals surface area (Å²) in [4.78, 5) is 54.4. The first-order chi connectivity index (χ1) is 26.7. The van der Waals surface area contributed by atoms with Crippen LogP contribution in [-0.4, -0.2) is 61.6 Å². The van der Waals surface area contributed by atoms with Gasteiger partial charge in [-0.05, 0) is 153 Å². The molecule has 1 aromatic carbocycles. The highest BCUT2D eigenvalue weighted by atomic mass is 35.5. The summed E-state index contributed by atoms with van der Waals surface area (Å²) in [6.45, 7) is 18.0. The summed E-state index contributed by atoms with van der Waals surface area (Å²) in [6, 6.07) is 4.61. The number of esters is 3. The monoisotopic (exact) mass is 841 g/mol. The van der Waals surface area contributed by atoms with Gasteiger partial charge in [0.15, 0.2) is 17.3 Å². The average molecular weight is 843 g/mol. The minimum atomic E-state index is -0.784. The summed E-state index contributed by atoms with van der Waals surface area (Å²) in [6.07, 6.45) is 15.0. The fourth-order valence-electron chi connectivity index (χ4n) is 12.6. The van der Waals surface area contributed by atoms with Crippen LogP contribution in [0.25, 0.3) is 6.08 Å². The van der Waals surface area contributed by atoms with Crippen LogP contribution >= 0.6 is 24.2 Å². The van der Waals surface area contributed by atoms with E-state index in [1.54, 1.807) is 43.0 Å². The van der Waals surface area contributed by atoms with Crippen molar-refractivity contribution in [1.82, 2.24) is 0 Å². The Morgan fingerprint density at radius 3 is 2.34 bits per heavy atom. The van der Waals surface area contributed by atoms with Crippen molar-refractivity contribution >= 4 is 53.9 Å². The van der Waals surface area contributed by atoms with Crippen LogP contribution in [0.5, 0.6) is 11.5 Å². The minimum Gasteiger partial charge on any atom is -0.493 e. The van der Waals surface area contributed by atoms with Gasteiger partial charge in [0.1, 0.15) is 12.1 Å². The molecule has 11 heteroatoms. The van der Waals surface area contributed by atoms with Gasteiger partial charge in [-0.3, -0.25) is 14.4 Å². The van der Waals surface area contributed by atoms with E-state index in [9.17, 15) is 19.2 Å². The maximum absolute atomic E-state index is 15.0. The van der Waals surface area contributed by atoms with Crippen LogP contribution in [0, 0.1) is 50.2 Å². The molecule has 0 radical (unpaired) electrons. The number of carbonyl (C=O) groups excluding carboxylic acids is 4. The van der Waals surface area contributed by atoms with Gasteiger partial charge >= 0.3 is 17.9 Å². The van der Waals surface area contributed by atoms with Gasteiger partial charge < -0.3 is 24.7 Å². The second-order valence-corrected chi connectivity index (χ2v) is 20.8. The second kappa shape index (κ2) is 16.9. The summed E-state index contributed by atoms with van der Waals surface area (Å²) in [7, 11) is 1.54. The number of ketones is 1. The van der Waals surface area contributed by atoms with Crippen LogP contribution in [0.15, 0.2) is 35.9 Å². The molecule has 1 aromatic rings. The van der Waals surface area contributed by atoms with E-state index in [1.165, 1.54) is 18.8 Å². The quantitative estimate of drug-likeness (QED) is 0.131. The molecule has 5 aliphatic rings. The van der Waals surface area contributed by atoms with Gasteiger partial charge in [0.2, 0.25) is 0 Å². The lowest BCUT2D eigenvalue weighted by Gasteiger charge is -2.70. The van der Waals surface area contributed by atoms with Crippen molar-refractivity contribution in [3.05, 3.63) is 41.5 Å². The minimum absolute atomic E-state index is 0. The number of thioether (sulfide) groups is 1. The number of nitrogens with two attached hydrogens (primary N) is 1. The Labute approximate surface area is 357 Å². The number of carbonyl (C=O) groups is 4. The molecule has 0 aliphatic heterocycles. The first-order valence-corrected chi connectivity index (χ1v) is 22.6. The van der Waals surface area contributed by atoms with Gasteiger partial charge in [-0.2, -0.15) is 11.8 Å². The Morgan fingerprint density at radius 2 is 1.67 bits per heavy atom. The summed E-state index contributed by atoms with van der Waals surface area (Å²) in [5.74, 6) is 0.797. The molecule has 6 rings (SSSR count). The molecule has 0 aromatic heterocycles. The van der Waals surface area contributed by atoms with Crippen molar-refractivity contribution in [1.29, 1.82) is 0 Å². The lowest BCUT2D eigenvalue weighted by atomic mass is 9.33. The number of ether oxygens (including phenoxy) is 4. The molecule has 0 bridgehead atoms. The number of halogens is 1.